The van der Waals surface area contributed by atoms with Crippen molar-refractivity contribution in [1.82, 2.24) is 20.5 Å². The van der Waals surface area contributed by atoms with Crippen LogP contribution in [0.2, 0.25) is 0 Å². The highest BCUT2D eigenvalue weighted by molar-refractivity contribution is 14.0. The van der Waals surface area contributed by atoms with E-state index >= 15 is 0 Å². The van der Waals surface area contributed by atoms with Crippen molar-refractivity contribution in [1.29, 1.82) is 0 Å². The minimum Gasteiger partial charge on any atom is -0.381 e. The molecule has 6 nitrogen and oxygen atoms in total. The fourth-order valence-electron chi connectivity index (χ4n) is 5.05. The van der Waals surface area contributed by atoms with Crippen molar-refractivity contribution in [3.05, 3.63) is 35.5 Å². The maximum atomic E-state index is 5.68. The first-order valence-corrected chi connectivity index (χ1v) is 11.6. The Morgan fingerprint density at radius 3 is 2.65 bits per heavy atom. The van der Waals surface area contributed by atoms with Gasteiger partial charge in [0.25, 0.3) is 0 Å². The van der Waals surface area contributed by atoms with Gasteiger partial charge in [-0.1, -0.05) is 18.2 Å². The van der Waals surface area contributed by atoms with Crippen LogP contribution in [-0.4, -0.2) is 67.3 Å². The second-order valence-corrected chi connectivity index (χ2v) is 8.68. The SMILES string of the molecule is CCNC(=NCC1(N2CCCC2)CCOCC1)NCCc1c(C)[nH]c2ccccc12.I. The van der Waals surface area contributed by atoms with Crippen LogP contribution in [0.15, 0.2) is 29.3 Å². The van der Waals surface area contributed by atoms with E-state index in [4.69, 9.17) is 9.73 Å². The monoisotopic (exact) mass is 539 g/mol. The molecule has 4 rings (SSSR count). The largest absolute Gasteiger partial charge is 0.381 e. The average Bonchev–Trinajstić information content (AvgIpc) is 3.41. The highest BCUT2D eigenvalue weighted by atomic mass is 127. The summed E-state index contributed by atoms with van der Waals surface area (Å²) < 4.78 is 5.68. The van der Waals surface area contributed by atoms with Crippen LogP contribution in [0.1, 0.15) is 43.9 Å². The van der Waals surface area contributed by atoms with Gasteiger partial charge in [0.05, 0.1) is 6.54 Å². The number of fused-ring (bicyclic) bond motifs is 1. The first-order valence-electron chi connectivity index (χ1n) is 11.6. The predicted octanol–water partition coefficient (Wildman–Crippen LogP) is 3.84. The molecule has 0 saturated carbocycles. The number of H-pyrrole nitrogens is 1. The molecule has 0 amide bonds. The Morgan fingerprint density at radius 2 is 1.90 bits per heavy atom. The summed E-state index contributed by atoms with van der Waals surface area (Å²) in [4.78, 5) is 11.2. The molecule has 0 atom stereocenters. The van der Waals surface area contributed by atoms with E-state index in [1.807, 2.05) is 0 Å². The van der Waals surface area contributed by atoms with Gasteiger partial charge in [-0.3, -0.25) is 9.89 Å². The van der Waals surface area contributed by atoms with Crippen molar-refractivity contribution in [2.45, 2.75) is 51.5 Å². The zero-order valence-corrected chi connectivity index (χ0v) is 21.3. The Hall–Kier alpha value is -1.32. The van der Waals surface area contributed by atoms with Crippen LogP contribution in [0.25, 0.3) is 10.9 Å². The molecular weight excluding hydrogens is 501 g/mol. The van der Waals surface area contributed by atoms with Crippen molar-refractivity contribution in [2.75, 3.05) is 45.9 Å². The van der Waals surface area contributed by atoms with Crippen molar-refractivity contribution in [3.8, 4) is 0 Å². The predicted molar refractivity (Wildman–Crippen MR) is 140 cm³/mol. The van der Waals surface area contributed by atoms with Gasteiger partial charge in [-0.25, -0.2) is 0 Å². The summed E-state index contributed by atoms with van der Waals surface area (Å²) in [5.74, 6) is 0.931. The third kappa shape index (κ3) is 5.73. The van der Waals surface area contributed by atoms with Crippen LogP contribution in [-0.2, 0) is 11.2 Å². The van der Waals surface area contributed by atoms with Crippen LogP contribution in [0.5, 0.6) is 0 Å². The summed E-state index contributed by atoms with van der Waals surface area (Å²) in [5, 5.41) is 8.34. The summed E-state index contributed by atoms with van der Waals surface area (Å²) in [5.41, 5.74) is 4.05. The second kappa shape index (κ2) is 11.5. The quantitative estimate of drug-likeness (QED) is 0.284. The average molecular weight is 540 g/mol. The maximum absolute atomic E-state index is 5.68. The van der Waals surface area contributed by atoms with Crippen molar-refractivity contribution in [3.63, 3.8) is 0 Å². The lowest BCUT2D eigenvalue weighted by atomic mass is 9.88. The molecule has 31 heavy (non-hydrogen) atoms. The number of benzene rings is 1. The zero-order chi connectivity index (χ0) is 20.8. The topological polar surface area (TPSA) is 64.7 Å². The number of halogens is 1. The zero-order valence-electron chi connectivity index (χ0n) is 19.0. The van der Waals surface area contributed by atoms with Crippen molar-refractivity contribution >= 4 is 40.8 Å². The highest BCUT2D eigenvalue weighted by Gasteiger charge is 2.39. The maximum Gasteiger partial charge on any atom is 0.191 e. The molecule has 0 bridgehead atoms. The number of ether oxygens (including phenoxy) is 1. The van der Waals surface area contributed by atoms with Gasteiger partial charge >= 0.3 is 0 Å². The van der Waals surface area contributed by atoms with Crippen LogP contribution in [0.3, 0.4) is 0 Å². The van der Waals surface area contributed by atoms with Gasteiger partial charge in [-0.05, 0) is 70.7 Å². The smallest absolute Gasteiger partial charge is 0.191 e. The van der Waals surface area contributed by atoms with Gasteiger partial charge in [0.1, 0.15) is 0 Å². The van der Waals surface area contributed by atoms with Crippen molar-refractivity contribution < 1.29 is 4.74 Å². The fourth-order valence-corrected chi connectivity index (χ4v) is 5.05. The number of guanidine groups is 1. The number of likely N-dealkylation sites (tertiary alicyclic amines) is 1. The first kappa shape index (κ1) is 24.3. The van der Waals surface area contributed by atoms with Crippen LogP contribution in [0, 0.1) is 6.92 Å². The number of hydrogen-bond donors (Lipinski definition) is 3. The van der Waals surface area contributed by atoms with E-state index in [2.05, 4.69) is 58.6 Å². The summed E-state index contributed by atoms with van der Waals surface area (Å²) in [6, 6.07) is 8.56. The molecule has 1 aromatic heterocycles. The molecule has 1 aromatic carbocycles. The number of aromatic nitrogens is 1. The van der Waals surface area contributed by atoms with Gasteiger partial charge in [0, 0.05) is 48.4 Å². The summed E-state index contributed by atoms with van der Waals surface area (Å²) in [7, 11) is 0. The number of nitrogens with zero attached hydrogens (tertiary/aromatic N) is 2. The Bertz CT molecular complexity index is 853. The first-order chi connectivity index (χ1) is 14.7. The number of rotatable bonds is 7. The lowest BCUT2D eigenvalue weighted by Gasteiger charge is -2.43. The number of hydrogen-bond acceptors (Lipinski definition) is 3. The Morgan fingerprint density at radius 1 is 1.16 bits per heavy atom. The van der Waals surface area contributed by atoms with Gasteiger partial charge in [-0.15, -0.1) is 24.0 Å². The molecule has 172 valence electrons. The molecule has 0 spiro atoms. The van der Waals surface area contributed by atoms with Crippen LogP contribution in [0.4, 0.5) is 0 Å². The number of para-hydroxylation sites is 1. The van der Waals surface area contributed by atoms with Gasteiger partial charge in [-0.2, -0.15) is 0 Å². The van der Waals surface area contributed by atoms with Gasteiger partial charge in [0.2, 0.25) is 0 Å². The van der Waals surface area contributed by atoms with Gasteiger partial charge in [0.15, 0.2) is 5.96 Å². The summed E-state index contributed by atoms with van der Waals surface area (Å²) in [6.45, 7) is 11.0. The molecule has 3 heterocycles. The normalized spacial score (nSPS) is 19.4. The molecular formula is C24H38IN5O. The molecule has 2 aliphatic heterocycles. The lowest BCUT2D eigenvalue weighted by Crippen LogP contribution is -2.54. The molecule has 0 radical (unpaired) electrons. The van der Waals surface area contributed by atoms with E-state index in [0.717, 1.165) is 58.1 Å². The number of nitrogens with one attached hydrogen (secondary N) is 3. The van der Waals surface area contributed by atoms with Crippen LogP contribution < -0.4 is 10.6 Å². The number of aliphatic imine (C=N–C) groups is 1. The standard InChI is InChI=1S/C24H37N5O.HI/c1-3-25-23(26-13-10-20-19(2)28-22-9-5-4-8-21(20)22)27-18-24(11-16-30-17-12-24)29-14-6-7-15-29;/h4-5,8-9,28H,3,6-7,10-18H2,1-2H3,(H2,25,26,27);1H. The van der Waals surface area contributed by atoms with E-state index in [9.17, 15) is 0 Å². The number of aromatic amines is 1. The number of aryl methyl sites for hydroxylation is 1. The fraction of sp³-hybridized carbons (Fsp3) is 0.625. The second-order valence-electron chi connectivity index (χ2n) is 8.68. The minimum absolute atomic E-state index is 0. The molecule has 0 unspecified atom stereocenters. The molecule has 2 fully saturated rings. The molecule has 2 aliphatic rings. The lowest BCUT2D eigenvalue weighted by molar-refractivity contribution is -0.0139. The molecule has 2 saturated heterocycles. The molecule has 3 N–H and O–H groups in total. The molecule has 2 aromatic rings. The highest BCUT2D eigenvalue weighted by Crippen LogP contribution is 2.31. The van der Waals surface area contributed by atoms with E-state index in [0.29, 0.717) is 0 Å². The van der Waals surface area contributed by atoms with E-state index in [1.165, 1.54) is 48.1 Å². The molecule has 0 aliphatic carbocycles. The summed E-state index contributed by atoms with van der Waals surface area (Å²) >= 11 is 0. The summed E-state index contributed by atoms with van der Waals surface area (Å²) in [6.07, 6.45) is 5.78. The third-order valence-electron chi connectivity index (χ3n) is 6.77. The van der Waals surface area contributed by atoms with E-state index < -0.39 is 0 Å². The van der Waals surface area contributed by atoms with Crippen LogP contribution >= 0.6 is 24.0 Å². The molecule has 7 heteroatoms. The third-order valence-corrected chi connectivity index (χ3v) is 6.77. The minimum atomic E-state index is 0. The Labute approximate surface area is 203 Å². The Balaban J connectivity index is 0.00000272. The van der Waals surface area contributed by atoms with Crippen molar-refractivity contribution in [2.24, 2.45) is 4.99 Å². The van der Waals surface area contributed by atoms with E-state index in [1.54, 1.807) is 0 Å². The van der Waals surface area contributed by atoms with E-state index in [-0.39, 0.29) is 29.5 Å². The Kier molecular flexibility index (Phi) is 9.04. The van der Waals surface area contributed by atoms with Gasteiger partial charge < -0.3 is 20.4 Å².